The summed E-state index contributed by atoms with van der Waals surface area (Å²) < 4.78 is 6.16. The van der Waals surface area contributed by atoms with Crippen molar-refractivity contribution in [2.45, 2.75) is 62.9 Å². The molecule has 3 fully saturated rings. The zero-order valence-corrected chi connectivity index (χ0v) is 14.6. The summed E-state index contributed by atoms with van der Waals surface area (Å²) in [5.74, 6) is 1.46. The minimum absolute atomic E-state index is 0.0635. The molecule has 24 heavy (non-hydrogen) atoms. The predicted molar refractivity (Wildman–Crippen MR) is 93.6 cm³/mol. The number of carbonyl (C=O) groups excluding carboxylic acids is 1. The molecule has 130 valence electrons. The fourth-order valence-corrected chi connectivity index (χ4v) is 5.18. The first kappa shape index (κ1) is 16.1. The average molecular weight is 328 g/mol. The van der Waals surface area contributed by atoms with Gasteiger partial charge in [-0.3, -0.25) is 4.79 Å². The summed E-state index contributed by atoms with van der Waals surface area (Å²) in [6, 6.07) is 10.4. The molecule has 1 aromatic rings. The lowest BCUT2D eigenvalue weighted by Crippen LogP contribution is -2.89. The van der Waals surface area contributed by atoms with Crippen LogP contribution in [0.4, 0.5) is 0 Å². The van der Waals surface area contributed by atoms with Crippen LogP contribution >= 0.6 is 0 Å². The first-order valence-corrected chi connectivity index (χ1v) is 9.88. The molecule has 1 heterocycles. The molecule has 2 aliphatic carbocycles. The number of benzene rings is 1. The Labute approximate surface area is 145 Å². The Kier molecular flexibility index (Phi) is 4.62. The number of fused-ring (bicyclic) bond motifs is 1. The number of piperidine rings is 1. The van der Waals surface area contributed by atoms with Crippen LogP contribution in [0.3, 0.4) is 0 Å². The van der Waals surface area contributed by atoms with E-state index >= 15 is 0 Å². The summed E-state index contributed by atoms with van der Waals surface area (Å²) in [7, 11) is 0. The number of quaternary nitrogens is 1. The molecule has 0 radical (unpaired) electrons. The SMILES string of the molecule is O=C(O[C@H]1CC2C[NH2+]CCC21)C1(c2ccccc2)CCCCCC1. The van der Waals surface area contributed by atoms with E-state index in [9.17, 15) is 4.79 Å². The Balaban J connectivity index is 1.53. The van der Waals surface area contributed by atoms with E-state index in [-0.39, 0.29) is 12.1 Å². The zero-order valence-electron chi connectivity index (χ0n) is 14.6. The maximum absolute atomic E-state index is 13.3. The van der Waals surface area contributed by atoms with Gasteiger partial charge in [0.25, 0.3) is 0 Å². The van der Waals surface area contributed by atoms with E-state index < -0.39 is 5.41 Å². The van der Waals surface area contributed by atoms with E-state index in [1.165, 1.54) is 37.9 Å². The Morgan fingerprint density at radius 2 is 1.83 bits per heavy atom. The third-order valence-electron chi connectivity index (χ3n) is 6.72. The lowest BCUT2D eigenvalue weighted by Gasteiger charge is -2.46. The molecule has 2 N–H and O–H groups in total. The largest absolute Gasteiger partial charge is 0.461 e. The molecule has 1 aliphatic heterocycles. The van der Waals surface area contributed by atoms with Crippen molar-refractivity contribution in [3.8, 4) is 0 Å². The van der Waals surface area contributed by atoms with Crippen LogP contribution in [0.15, 0.2) is 30.3 Å². The maximum atomic E-state index is 13.3. The van der Waals surface area contributed by atoms with Crippen molar-refractivity contribution in [2.24, 2.45) is 11.8 Å². The Bertz CT molecular complexity index is 562. The van der Waals surface area contributed by atoms with Crippen molar-refractivity contribution in [1.29, 1.82) is 0 Å². The monoisotopic (exact) mass is 328 g/mol. The zero-order chi connectivity index (χ0) is 16.4. The van der Waals surface area contributed by atoms with E-state index in [0.717, 1.165) is 38.0 Å². The number of nitrogens with two attached hydrogens (primary N) is 1. The average Bonchev–Trinajstić information content (AvgIpc) is 2.87. The highest BCUT2D eigenvalue weighted by molar-refractivity contribution is 5.83. The molecular formula is C21H30NO2+. The second-order valence-electron chi connectivity index (χ2n) is 8.07. The Morgan fingerprint density at radius 3 is 2.54 bits per heavy atom. The van der Waals surface area contributed by atoms with Gasteiger partial charge in [-0.25, -0.2) is 0 Å². The number of hydrogen-bond donors (Lipinski definition) is 1. The maximum Gasteiger partial charge on any atom is 0.316 e. The fourth-order valence-electron chi connectivity index (χ4n) is 5.18. The predicted octanol–water partition coefficient (Wildman–Crippen LogP) is 2.79. The second-order valence-corrected chi connectivity index (χ2v) is 8.07. The molecule has 2 unspecified atom stereocenters. The molecule has 0 spiro atoms. The van der Waals surface area contributed by atoms with Crippen molar-refractivity contribution in [2.75, 3.05) is 13.1 Å². The lowest BCUT2D eigenvalue weighted by molar-refractivity contribution is -0.676. The van der Waals surface area contributed by atoms with Crippen LogP contribution in [0.5, 0.6) is 0 Å². The van der Waals surface area contributed by atoms with Gasteiger partial charge in [-0.05, 0) is 24.8 Å². The molecule has 3 heteroatoms. The summed E-state index contributed by atoms with van der Waals surface area (Å²) in [6.45, 7) is 2.42. The number of ether oxygens (including phenoxy) is 1. The Morgan fingerprint density at radius 1 is 1.08 bits per heavy atom. The minimum Gasteiger partial charge on any atom is -0.461 e. The number of carbonyl (C=O) groups is 1. The molecule has 1 saturated heterocycles. The first-order chi connectivity index (χ1) is 11.8. The van der Waals surface area contributed by atoms with Crippen LogP contribution in [0.25, 0.3) is 0 Å². The topological polar surface area (TPSA) is 42.9 Å². The molecular weight excluding hydrogens is 298 g/mol. The van der Waals surface area contributed by atoms with E-state index in [0.29, 0.717) is 5.92 Å². The minimum atomic E-state index is -0.399. The molecule has 0 aromatic heterocycles. The lowest BCUT2D eigenvalue weighted by atomic mass is 9.67. The van der Waals surface area contributed by atoms with E-state index in [4.69, 9.17) is 4.74 Å². The van der Waals surface area contributed by atoms with Gasteiger partial charge in [-0.2, -0.15) is 0 Å². The summed E-state index contributed by atoms with van der Waals surface area (Å²) in [6.07, 6.45) is 9.12. The second kappa shape index (κ2) is 6.87. The van der Waals surface area contributed by atoms with Gasteiger partial charge in [0.2, 0.25) is 0 Å². The van der Waals surface area contributed by atoms with Crippen molar-refractivity contribution in [3.63, 3.8) is 0 Å². The first-order valence-electron chi connectivity index (χ1n) is 9.88. The standard InChI is InChI=1S/C21H29NO2/c23-20(24-19-14-16-15-22-13-10-18(16)19)21(11-6-1-2-7-12-21)17-8-4-3-5-9-17/h3-5,8-9,16,18-19,22H,1-2,6-7,10-15H2/p+1/t16?,18?,19-/m0/s1. The van der Waals surface area contributed by atoms with Crippen LogP contribution < -0.4 is 5.32 Å². The molecule has 3 atom stereocenters. The van der Waals surface area contributed by atoms with E-state index in [1.54, 1.807) is 0 Å². The highest BCUT2D eigenvalue weighted by Gasteiger charge is 2.49. The van der Waals surface area contributed by atoms with Gasteiger partial charge in [-0.15, -0.1) is 0 Å². The van der Waals surface area contributed by atoms with E-state index in [2.05, 4.69) is 29.6 Å². The van der Waals surface area contributed by atoms with Gasteiger partial charge in [0.1, 0.15) is 6.10 Å². The summed E-state index contributed by atoms with van der Waals surface area (Å²) >= 11 is 0. The summed E-state index contributed by atoms with van der Waals surface area (Å²) in [5, 5.41) is 2.41. The number of rotatable bonds is 3. The molecule has 2 saturated carbocycles. The third kappa shape index (κ3) is 2.88. The summed E-state index contributed by atoms with van der Waals surface area (Å²) in [5.41, 5.74) is 0.772. The molecule has 4 rings (SSSR count). The van der Waals surface area contributed by atoms with Gasteiger partial charge in [0.15, 0.2) is 0 Å². The van der Waals surface area contributed by atoms with Crippen LogP contribution in [0.2, 0.25) is 0 Å². The third-order valence-corrected chi connectivity index (χ3v) is 6.72. The number of hydrogen-bond acceptors (Lipinski definition) is 2. The molecule has 3 nitrogen and oxygen atoms in total. The van der Waals surface area contributed by atoms with Crippen molar-refractivity contribution in [1.82, 2.24) is 0 Å². The highest BCUT2D eigenvalue weighted by Crippen LogP contribution is 2.44. The fraction of sp³-hybridized carbons (Fsp3) is 0.667. The molecule has 0 bridgehead atoms. The molecule has 1 aromatic carbocycles. The highest BCUT2D eigenvalue weighted by atomic mass is 16.5. The van der Waals surface area contributed by atoms with Crippen LogP contribution in [-0.4, -0.2) is 25.2 Å². The van der Waals surface area contributed by atoms with Crippen molar-refractivity contribution >= 4 is 5.97 Å². The van der Waals surface area contributed by atoms with E-state index in [1.807, 2.05) is 6.07 Å². The van der Waals surface area contributed by atoms with Crippen molar-refractivity contribution < 1.29 is 14.8 Å². The smallest absolute Gasteiger partial charge is 0.316 e. The quantitative estimate of drug-likeness (QED) is 0.685. The van der Waals surface area contributed by atoms with Gasteiger partial charge < -0.3 is 10.1 Å². The molecule has 3 aliphatic rings. The van der Waals surface area contributed by atoms with Crippen molar-refractivity contribution in [3.05, 3.63) is 35.9 Å². The van der Waals surface area contributed by atoms with Gasteiger partial charge in [-0.1, -0.05) is 56.0 Å². The number of esters is 1. The summed E-state index contributed by atoms with van der Waals surface area (Å²) in [4.78, 5) is 13.3. The normalized spacial score (nSPS) is 32.1. The van der Waals surface area contributed by atoms with Gasteiger partial charge in [0.05, 0.1) is 18.5 Å². The molecule has 0 amide bonds. The Hall–Kier alpha value is -1.35. The van der Waals surface area contributed by atoms with Gasteiger partial charge in [0, 0.05) is 18.3 Å². The van der Waals surface area contributed by atoms with Gasteiger partial charge >= 0.3 is 5.97 Å². The van der Waals surface area contributed by atoms with Crippen LogP contribution in [-0.2, 0) is 14.9 Å². The van der Waals surface area contributed by atoms with Crippen LogP contribution in [0, 0.1) is 11.8 Å². The van der Waals surface area contributed by atoms with Crippen LogP contribution in [0.1, 0.15) is 56.9 Å².